The zero-order valence-corrected chi connectivity index (χ0v) is 8.17. The molecule has 0 amide bonds. The van der Waals surface area contributed by atoms with Crippen LogP contribution in [0.5, 0.6) is 0 Å². The van der Waals surface area contributed by atoms with E-state index in [1.54, 1.807) is 6.20 Å². The van der Waals surface area contributed by atoms with Crippen LogP contribution in [0.2, 0.25) is 0 Å². The maximum Gasteiger partial charge on any atom is 0.0443 e. The Balaban J connectivity index is 0.000000561. The van der Waals surface area contributed by atoms with Crippen molar-refractivity contribution in [1.29, 1.82) is 0 Å². The molecule has 1 heteroatoms. The van der Waals surface area contributed by atoms with Crippen molar-refractivity contribution in [2.75, 3.05) is 0 Å². The van der Waals surface area contributed by atoms with Crippen LogP contribution in [0.3, 0.4) is 0 Å². The summed E-state index contributed by atoms with van der Waals surface area (Å²) in [5.41, 5.74) is 2.24. The van der Waals surface area contributed by atoms with Gasteiger partial charge in [-0.1, -0.05) is 32.1 Å². The van der Waals surface area contributed by atoms with Crippen molar-refractivity contribution in [3.63, 3.8) is 0 Å². The van der Waals surface area contributed by atoms with Crippen molar-refractivity contribution in [2.24, 2.45) is 0 Å². The highest BCUT2D eigenvalue weighted by Gasteiger charge is 1.90. The lowest BCUT2D eigenvalue weighted by Crippen LogP contribution is -1.87. The first-order valence-electron chi connectivity index (χ1n) is 4.33. The van der Waals surface area contributed by atoms with E-state index in [1.807, 2.05) is 39.0 Å². The van der Waals surface area contributed by atoms with E-state index in [0.29, 0.717) is 0 Å². The zero-order valence-electron chi connectivity index (χ0n) is 8.17. The Kier molecular flexibility index (Phi) is 5.98. The minimum atomic E-state index is 0.890. The molecule has 0 aliphatic heterocycles. The molecule has 1 aromatic rings. The molecule has 0 saturated carbocycles. The van der Waals surface area contributed by atoms with Crippen LogP contribution < -0.4 is 0 Å². The fourth-order valence-corrected chi connectivity index (χ4v) is 0.812. The zero-order chi connectivity index (χ0) is 9.40. The number of hydrogen-bond acceptors (Lipinski definition) is 1. The Morgan fingerprint density at radius 1 is 1.42 bits per heavy atom. The highest BCUT2D eigenvalue weighted by molar-refractivity contribution is 5.10. The van der Waals surface area contributed by atoms with Crippen molar-refractivity contribution in [3.05, 3.63) is 42.2 Å². The van der Waals surface area contributed by atoms with Crippen molar-refractivity contribution < 1.29 is 0 Å². The fourth-order valence-electron chi connectivity index (χ4n) is 0.812. The molecular weight excluding hydrogens is 146 g/mol. The highest BCUT2D eigenvalue weighted by Crippen LogP contribution is 2.00. The molecule has 12 heavy (non-hydrogen) atoms. The third-order valence-electron chi connectivity index (χ3n) is 1.21. The summed E-state index contributed by atoms with van der Waals surface area (Å²) in [7, 11) is 0. The lowest BCUT2D eigenvalue weighted by atomic mass is 10.2. The summed E-state index contributed by atoms with van der Waals surface area (Å²) in [4.78, 5) is 4.16. The summed E-state index contributed by atoms with van der Waals surface area (Å²) in [6.07, 6.45) is 2.69. The van der Waals surface area contributed by atoms with Gasteiger partial charge in [0.05, 0.1) is 0 Å². The van der Waals surface area contributed by atoms with Crippen molar-refractivity contribution in [1.82, 2.24) is 4.98 Å². The third kappa shape index (κ3) is 4.67. The van der Waals surface area contributed by atoms with Crippen molar-refractivity contribution >= 4 is 0 Å². The van der Waals surface area contributed by atoms with Gasteiger partial charge in [0.1, 0.15) is 0 Å². The number of pyridine rings is 1. The molecule has 0 bridgehead atoms. The molecule has 1 nitrogen and oxygen atoms in total. The number of allylic oxidation sites excluding steroid dienone is 1. The quantitative estimate of drug-likeness (QED) is 0.610. The molecular formula is C11H17N. The van der Waals surface area contributed by atoms with Crippen LogP contribution >= 0.6 is 0 Å². The normalized spacial score (nSPS) is 8.25. The molecule has 0 saturated heterocycles. The molecule has 1 rings (SSSR count). The molecule has 1 heterocycles. The molecule has 0 atom stereocenters. The van der Waals surface area contributed by atoms with Gasteiger partial charge < -0.3 is 0 Å². The predicted molar refractivity (Wildman–Crippen MR) is 54.1 cm³/mol. The second-order valence-corrected chi connectivity index (χ2v) is 2.45. The summed E-state index contributed by atoms with van der Waals surface area (Å²) >= 11 is 0. The molecule has 66 valence electrons. The fraction of sp³-hybridized carbons (Fsp3) is 0.364. The highest BCUT2D eigenvalue weighted by atomic mass is 14.7. The first-order chi connectivity index (χ1) is 5.79. The Morgan fingerprint density at radius 3 is 2.50 bits per heavy atom. The van der Waals surface area contributed by atoms with Gasteiger partial charge in [0.15, 0.2) is 0 Å². The van der Waals surface area contributed by atoms with E-state index < -0.39 is 0 Å². The summed E-state index contributed by atoms with van der Waals surface area (Å²) in [5.74, 6) is 0. The molecule has 0 aliphatic rings. The predicted octanol–water partition coefficient (Wildman–Crippen LogP) is 3.23. The van der Waals surface area contributed by atoms with E-state index in [4.69, 9.17) is 0 Å². The first-order valence-corrected chi connectivity index (χ1v) is 4.33. The molecule has 0 unspecified atom stereocenters. The van der Waals surface area contributed by atoms with Crippen LogP contribution in [0, 0.1) is 0 Å². The number of aromatic nitrogens is 1. The van der Waals surface area contributed by atoms with E-state index in [-0.39, 0.29) is 0 Å². The first kappa shape index (κ1) is 10.9. The summed E-state index contributed by atoms with van der Waals surface area (Å²) < 4.78 is 0. The number of nitrogens with zero attached hydrogens (tertiary/aromatic N) is 1. The standard InChI is InChI=1S/C9H11N.C2H6/c1-8(2)7-9-5-3-4-6-10-9;1-2/h3-6H,1,7H2,2H3;1-2H3. The summed E-state index contributed by atoms with van der Waals surface area (Å²) in [6, 6.07) is 5.92. The Bertz CT molecular complexity index is 214. The second kappa shape index (κ2) is 6.59. The van der Waals surface area contributed by atoms with E-state index in [1.165, 1.54) is 0 Å². The largest absolute Gasteiger partial charge is 0.261 e. The lowest BCUT2D eigenvalue weighted by Gasteiger charge is -1.96. The van der Waals surface area contributed by atoms with Crippen LogP contribution in [0.4, 0.5) is 0 Å². The molecule has 0 aliphatic carbocycles. The van der Waals surface area contributed by atoms with Gasteiger partial charge in [-0.15, -0.1) is 0 Å². The average Bonchev–Trinajstić information content (AvgIpc) is 2.08. The van der Waals surface area contributed by atoms with E-state index in [0.717, 1.165) is 17.7 Å². The maximum atomic E-state index is 4.16. The van der Waals surface area contributed by atoms with Gasteiger partial charge in [-0.05, 0) is 19.1 Å². The smallest absolute Gasteiger partial charge is 0.0443 e. The van der Waals surface area contributed by atoms with Crippen molar-refractivity contribution in [3.8, 4) is 0 Å². The van der Waals surface area contributed by atoms with Gasteiger partial charge in [0.2, 0.25) is 0 Å². The van der Waals surface area contributed by atoms with Gasteiger partial charge >= 0.3 is 0 Å². The van der Waals surface area contributed by atoms with Gasteiger partial charge in [-0.2, -0.15) is 0 Å². The van der Waals surface area contributed by atoms with E-state index in [9.17, 15) is 0 Å². The monoisotopic (exact) mass is 163 g/mol. The van der Waals surface area contributed by atoms with Crippen LogP contribution in [0.25, 0.3) is 0 Å². The topological polar surface area (TPSA) is 12.9 Å². The van der Waals surface area contributed by atoms with Crippen LogP contribution in [-0.4, -0.2) is 4.98 Å². The Hall–Kier alpha value is -1.11. The Morgan fingerprint density at radius 2 is 2.08 bits per heavy atom. The third-order valence-corrected chi connectivity index (χ3v) is 1.21. The van der Waals surface area contributed by atoms with Crippen LogP contribution in [0.15, 0.2) is 36.5 Å². The van der Waals surface area contributed by atoms with Gasteiger partial charge in [0.25, 0.3) is 0 Å². The lowest BCUT2D eigenvalue weighted by molar-refractivity contribution is 1.05. The summed E-state index contributed by atoms with van der Waals surface area (Å²) in [6.45, 7) is 9.82. The maximum absolute atomic E-state index is 4.16. The molecule has 1 aromatic heterocycles. The van der Waals surface area contributed by atoms with E-state index >= 15 is 0 Å². The molecule has 0 spiro atoms. The Labute approximate surface area is 75.2 Å². The van der Waals surface area contributed by atoms with Gasteiger partial charge in [0, 0.05) is 18.3 Å². The molecule has 0 aromatic carbocycles. The van der Waals surface area contributed by atoms with Crippen molar-refractivity contribution in [2.45, 2.75) is 27.2 Å². The summed E-state index contributed by atoms with van der Waals surface area (Å²) in [5, 5.41) is 0. The van der Waals surface area contributed by atoms with E-state index in [2.05, 4.69) is 11.6 Å². The SMILES string of the molecule is C=C(C)Cc1ccccn1.CC. The van der Waals surface area contributed by atoms with Crippen LogP contribution in [-0.2, 0) is 6.42 Å². The second-order valence-electron chi connectivity index (χ2n) is 2.45. The molecule has 0 fully saturated rings. The molecule has 0 radical (unpaired) electrons. The average molecular weight is 163 g/mol. The number of hydrogen-bond donors (Lipinski definition) is 0. The van der Waals surface area contributed by atoms with Gasteiger partial charge in [-0.25, -0.2) is 0 Å². The van der Waals surface area contributed by atoms with Crippen LogP contribution in [0.1, 0.15) is 26.5 Å². The van der Waals surface area contributed by atoms with Gasteiger partial charge in [-0.3, -0.25) is 4.98 Å². The minimum absolute atomic E-state index is 0.890. The number of rotatable bonds is 2. The minimum Gasteiger partial charge on any atom is -0.261 e. The molecule has 0 N–H and O–H groups in total.